The number of amides is 1. The van der Waals surface area contributed by atoms with E-state index in [1.165, 1.54) is 25.7 Å². The van der Waals surface area contributed by atoms with Gasteiger partial charge in [-0.25, -0.2) is 0 Å². The van der Waals surface area contributed by atoms with E-state index < -0.39 is 0 Å². The van der Waals surface area contributed by atoms with Crippen LogP contribution in [0, 0.1) is 17.8 Å². The van der Waals surface area contributed by atoms with E-state index in [0.29, 0.717) is 29.6 Å². The standard InChI is InChI=1S/C18H26N2O3/c1-10(2)14-9-13(20-23-14)18(21)19-16-12-7-8-22-17(12)15(16)11-5-3-4-6-11/h9-12,15-17H,3-8H2,1-2H3,(H,19,21)/t12-,15+,16+,17-/m0/s1. The second-order valence-corrected chi connectivity index (χ2v) is 7.68. The lowest BCUT2D eigenvalue weighted by atomic mass is 9.61. The van der Waals surface area contributed by atoms with Gasteiger partial charge in [-0.2, -0.15) is 0 Å². The molecule has 1 aliphatic heterocycles. The fourth-order valence-electron chi connectivity index (χ4n) is 4.75. The predicted molar refractivity (Wildman–Crippen MR) is 85.1 cm³/mol. The average Bonchev–Trinajstić information content (AvgIpc) is 3.26. The van der Waals surface area contributed by atoms with Crippen molar-refractivity contribution in [2.75, 3.05) is 6.61 Å². The summed E-state index contributed by atoms with van der Waals surface area (Å²) < 4.78 is 11.2. The van der Waals surface area contributed by atoms with Gasteiger partial charge in [0.2, 0.25) is 0 Å². The summed E-state index contributed by atoms with van der Waals surface area (Å²) in [7, 11) is 0. The number of nitrogens with one attached hydrogen (secondary N) is 1. The SMILES string of the molecule is CC(C)c1cc(C(=O)N[C@@H]2[C@@H]3CCO[C@@H]3[C@@H]2C2CCCC2)no1. The van der Waals surface area contributed by atoms with Crippen LogP contribution in [0.3, 0.4) is 0 Å². The molecule has 1 saturated heterocycles. The van der Waals surface area contributed by atoms with E-state index in [9.17, 15) is 4.79 Å². The Morgan fingerprint density at radius 3 is 2.78 bits per heavy atom. The number of hydrogen-bond acceptors (Lipinski definition) is 4. The molecule has 0 unspecified atom stereocenters. The molecular formula is C18H26N2O3. The van der Waals surface area contributed by atoms with E-state index in [0.717, 1.165) is 18.8 Å². The summed E-state index contributed by atoms with van der Waals surface area (Å²) in [6.45, 7) is 4.90. The number of rotatable bonds is 4. The van der Waals surface area contributed by atoms with Crippen molar-refractivity contribution in [1.82, 2.24) is 10.5 Å². The Labute approximate surface area is 137 Å². The Morgan fingerprint density at radius 1 is 1.30 bits per heavy atom. The molecule has 0 spiro atoms. The van der Waals surface area contributed by atoms with Crippen molar-refractivity contribution in [1.29, 1.82) is 0 Å². The highest BCUT2D eigenvalue weighted by Crippen LogP contribution is 2.51. The highest BCUT2D eigenvalue weighted by atomic mass is 16.5. The Kier molecular flexibility index (Phi) is 3.92. The fourth-order valence-corrected chi connectivity index (χ4v) is 4.75. The summed E-state index contributed by atoms with van der Waals surface area (Å²) in [5.74, 6) is 2.60. The molecule has 5 heteroatoms. The number of hydrogen-bond donors (Lipinski definition) is 1. The molecule has 2 saturated carbocycles. The molecule has 126 valence electrons. The van der Waals surface area contributed by atoms with Gasteiger partial charge in [0.15, 0.2) is 5.69 Å². The summed E-state index contributed by atoms with van der Waals surface area (Å²) in [5, 5.41) is 7.18. The quantitative estimate of drug-likeness (QED) is 0.926. The molecule has 2 heterocycles. The number of nitrogens with zero attached hydrogens (tertiary/aromatic N) is 1. The maximum Gasteiger partial charge on any atom is 0.273 e. The van der Waals surface area contributed by atoms with Gasteiger partial charge in [0.05, 0.1) is 6.10 Å². The van der Waals surface area contributed by atoms with Crippen LogP contribution in [-0.2, 0) is 4.74 Å². The minimum absolute atomic E-state index is 0.0982. The zero-order valence-corrected chi connectivity index (χ0v) is 14.0. The smallest absolute Gasteiger partial charge is 0.273 e. The molecular weight excluding hydrogens is 292 g/mol. The zero-order valence-electron chi connectivity index (χ0n) is 14.0. The van der Waals surface area contributed by atoms with Crippen LogP contribution in [0.2, 0.25) is 0 Å². The summed E-state index contributed by atoms with van der Waals surface area (Å²) in [6, 6.07) is 2.02. The van der Waals surface area contributed by atoms with Crippen molar-refractivity contribution in [3.63, 3.8) is 0 Å². The van der Waals surface area contributed by atoms with Crippen molar-refractivity contribution in [2.24, 2.45) is 17.8 Å². The van der Waals surface area contributed by atoms with E-state index >= 15 is 0 Å². The molecule has 0 aromatic carbocycles. The minimum Gasteiger partial charge on any atom is -0.377 e. The van der Waals surface area contributed by atoms with Crippen molar-refractivity contribution >= 4 is 5.91 Å². The number of carbonyl (C=O) groups is 1. The molecule has 4 atom stereocenters. The van der Waals surface area contributed by atoms with Crippen LogP contribution >= 0.6 is 0 Å². The topological polar surface area (TPSA) is 64.4 Å². The van der Waals surface area contributed by atoms with Gasteiger partial charge in [0.1, 0.15) is 5.76 Å². The first-order valence-electron chi connectivity index (χ1n) is 9.04. The number of fused-ring (bicyclic) bond motifs is 1. The third kappa shape index (κ3) is 2.59. The first-order valence-corrected chi connectivity index (χ1v) is 9.04. The monoisotopic (exact) mass is 318 g/mol. The summed E-state index contributed by atoms with van der Waals surface area (Å²) in [4.78, 5) is 12.6. The van der Waals surface area contributed by atoms with Crippen LogP contribution in [0.1, 0.15) is 68.1 Å². The molecule has 4 rings (SSSR count). The van der Waals surface area contributed by atoms with Crippen LogP contribution in [-0.4, -0.2) is 29.8 Å². The molecule has 1 aromatic heterocycles. The first-order chi connectivity index (χ1) is 11.1. The van der Waals surface area contributed by atoms with Crippen LogP contribution in [0.25, 0.3) is 0 Å². The van der Waals surface area contributed by atoms with Crippen LogP contribution < -0.4 is 5.32 Å². The highest BCUT2D eigenvalue weighted by Gasteiger charge is 2.57. The molecule has 2 aliphatic carbocycles. The molecule has 1 N–H and O–H groups in total. The largest absolute Gasteiger partial charge is 0.377 e. The predicted octanol–water partition coefficient (Wildman–Crippen LogP) is 3.12. The third-order valence-electron chi connectivity index (χ3n) is 6.01. The van der Waals surface area contributed by atoms with Gasteiger partial charge in [-0.3, -0.25) is 4.79 Å². The molecule has 1 amide bonds. The van der Waals surface area contributed by atoms with Gasteiger partial charge in [-0.15, -0.1) is 0 Å². The van der Waals surface area contributed by atoms with E-state index in [1.807, 2.05) is 13.8 Å². The van der Waals surface area contributed by atoms with Gasteiger partial charge >= 0.3 is 0 Å². The van der Waals surface area contributed by atoms with E-state index in [2.05, 4.69) is 10.5 Å². The minimum atomic E-state index is -0.0982. The number of aromatic nitrogens is 1. The van der Waals surface area contributed by atoms with E-state index in [-0.39, 0.29) is 17.9 Å². The second-order valence-electron chi connectivity index (χ2n) is 7.68. The summed E-state index contributed by atoms with van der Waals surface area (Å²) in [6.07, 6.45) is 6.64. The van der Waals surface area contributed by atoms with Gasteiger partial charge in [0, 0.05) is 36.5 Å². The molecule has 3 aliphatic rings. The average molecular weight is 318 g/mol. The van der Waals surface area contributed by atoms with Gasteiger partial charge in [-0.1, -0.05) is 44.7 Å². The maximum atomic E-state index is 12.6. The van der Waals surface area contributed by atoms with Gasteiger partial charge < -0.3 is 14.6 Å². The third-order valence-corrected chi connectivity index (χ3v) is 6.01. The molecule has 23 heavy (non-hydrogen) atoms. The number of carbonyl (C=O) groups excluding carboxylic acids is 1. The molecule has 0 radical (unpaired) electrons. The lowest BCUT2D eigenvalue weighted by molar-refractivity contribution is -0.0785. The normalized spacial score (nSPS) is 33.7. The van der Waals surface area contributed by atoms with Crippen LogP contribution in [0.15, 0.2) is 10.6 Å². The van der Waals surface area contributed by atoms with E-state index in [4.69, 9.17) is 9.26 Å². The molecule has 1 aromatic rings. The van der Waals surface area contributed by atoms with Crippen molar-refractivity contribution < 1.29 is 14.1 Å². The Bertz CT molecular complexity index is 572. The van der Waals surface area contributed by atoms with Crippen LogP contribution in [0.5, 0.6) is 0 Å². The van der Waals surface area contributed by atoms with Crippen molar-refractivity contribution in [2.45, 2.75) is 64.0 Å². The van der Waals surface area contributed by atoms with Gasteiger partial charge in [0.25, 0.3) is 5.91 Å². The number of ether oxygens (including phenoxy) is 1. The van der Waals surface area contributed by atoms with Crippen molar-refractivity contribution in [3.05, 3.63) is 17.5 Å². The molecule has 3 fully saturated rings. The fraction of sp³-hybridized carbons (Fsp3) is 0.778. The highest BCUT2D eigenvalue weighted by molar-refractivity contribution is 5.92. The Hall–Kier alpha value is -1.36. The van der Waals surface area contributed by atoms with Crippen LogP contribution in [0.4, 0.5) is 0 Å². The zero-order chi connectivity index (χ0) is 16.0. The molecule has 5 nitrogen and oxygen atoms in total. The first kappa shape index (κ1) is 15.2. The lowest BCUT2D eigenvalue weighted by Crippen LogP contribution is -2.63. The lowest BCUT2D eigenvalue weighted by Gasteiger charge is -2.50. The summed E-state index contributed by atoms with van der Waals surface area (Å²) >= 11 is 0. The van der Waals surface area contributed by atoms with E-state index in [1.54, 1.807) is 6.07 Å². The van der Waals surface area contributed by atoms with Gasteiger partial charge in [-0.05, 0) is 12.3 Å². The summed E-state index contributed by atoms with van der Waals surface area (Å²) in [5.41, 5.74) is 0.404. The second kappa shape index (κ2) is 5.93. The molecule has 0 bridgehead atoms. The Balaban J connectivity index is 1.46. The maximum absolute atomic E-state index is 12.6. The van der Waals surface area contributed by atoms with Crippen molar-refractivity contribution in [3.8, 4) is 0 Å². The Morgan fingerprint density at radius 2 is 2.09 bits per heavy atom.